The van der Waals surface area contributed by atoms with Crippen molar-refractivity contribution in [3.63, 3.8) is 0 Å². The molecule has 1 N–H and O–H groups in total. The summed E-state index contributed by atoms with van der Waals surface area (Å²) in [5.41, 5.74) is 2.03. The highest BCUT2D eigenvalue weighted by molar-refractivity contribution is 9.10. The maximum atomic E-state index is 12.3. The summed E-state index contributed by atoms with van der Waals surface area (Å²) in [6.07, 6.45) is 1.98. The second-order valence-corrected chi connectivity index (χ2v) is 8.03. The van der Waals surface area contributed by atoms with Gasteiger partial charge in [-0.3, -0.25) is 0 Å². The molecule has 0 aliphatic heterocycles. The molecule has 0 spiro atoms. The Bertz CT molecular complexity index is 550. The number of hydrogen-bond acceptors (Lipinski definition) is 3. The van der Waals surface area contributed by atoms with Gasteiger partial charge in [-0.1, -0.05) is 28.1 Å². The number of carbonyl (C=O) groups excluding carboxylic acids is 1. The van der Waals surface area contributed by atoms with Crippen molar-refractivity contribution in [1.29, 1.82) is 0 Å². The number of benzene rings is 1. The van der Waals surface area contributed by atoms with Gasteiger partial charge in [-0.15, -0.1) is 0 Å². The maximum Gasteiger partial charge on any atom is 0.410 e. The van der Waals surface area contributed by atoms with Crippen molar-refractivity contribution in [2.75, 3.05) is 13.1 Å². The first-order valence-electron chi connectivity index (χ1n) is 8.21. The van der Waals surface area contributed by atoms with Gasteiger partial charge in [0.1, 0.15) is 5.60 Å². The third-order valence-corrected chi connectivity index (χ3v) is 4.41. The van der Waals surface area contributed by atoms with Crippen molar-refractivity contribution in [2.45, 2.75) is 58.7 Å². The summed E-state index contributed by atoms with van der Waals surface area (Å²) in [7, 11) is 0. The average molecular weight is 383 g/mol. The quantitative estimate of drug-likeness (QED) is 0.747. The zero-order valence-electron chi connectivity index (χ0n) is 14.5. The van der Waals surface area contributed by atoms with Gasteiger partial charge in [0.2, 0.25) is 0 Å². The van der Waals surface area contributed by atoms with E-state index in [1.165, 1.54) is 11.1 Å². The van der Waals surface area contributed by atoms with Crippen molar-refractivity contribution >= 4 is 22.0 Å². The Hall–Kier alpha value is -1.07. The molecular formula is C18H27BrN2O2. The van der Waals surface area contributed by atoms with E-state index in [-0.39, 0.29) is 6.09 Å². The standard InChI is InChI=1S/C18H27BrN2O2/c1-13-5-6-14(16(19)11-13)12-20-9-10-21(15-7-8-15)17(22)23-18(2,3)4/h5-6,11,15,20H,7-10,12H2,1-4H3. The number of nitrogens with zero attached hydrogens (tertiary/aromatic N) is 1. The van der Waals surface area contributed by atoms with Gasteiger partial charge in [-0.25, -0.2) is 4.79 Å². The Labute approximate surface area is 147 Å². The molecule has 1 saturated carbocycles. The fourth-order valence-corrected chi connectivity index (χ4v) is 2.98. The molecule has 5 heteroatoms. The zero-order valence-corrected chi connectivity index (χ0v) is 16.1. The highest BCUT2D eigenvalue weighted by Crippen LogP contribution is 2.28. The summed E-state index contributed by atoms with van der Waals surface area (Å²) < 4.78 is 6.62. The predicted molar refractivity (Wildman–Crippen MR) is 96.5 cm³/mol. The smallest absolute Gasteiger partial charge is 0.410 e. The van der Waals surface area contributed by atoms with Crippen LogP contribution in [0, 0.1) is 6.92 Å². The van der Waals surface area contributed by atoms with Crippen LogP contribution in [0.15, 0.2) is 22.7 Å². The van der Waals surface area contributed by atoms with Gasteiger partial charge in [0.25, 0.3) is 0 Å². The lowest BCUT2D eigenvalue weighted by Crippen LogP contribution is -2.41. The van der Waals surface area contributed by atoms with Gasteiger partial charge in [0, 0.05) is 30.1 Å². The highest BCUT2D eigenvalue weighted by Gasteiger charge is 2.34. The number of halogens is 1. The molecule has 1 aliphatic rings. The van der Waals surface area contributed by atoms with Crippen LogP contribution in [-0.4, -0.2) is 35.7 Å². The summed E-state index contributed by atoms with van der Waals surface area (Å²) in [6, 6.07) is 6.71. The monoisotopic (exact) mass is 382 g/mol. The third kappa shape index (κ3) is 6.15. The summed E-state index contributed by atoms with van der Waals surface area (Å²) in [5.74, 6) is 0. The van der Waals surface area contributed by atoms with Crippen LogP contribution in [0.25, 0.3) is 0 Å². The molecule has 0 unspecified atom stereocenters. The second-order valence-electron chi connectivity index (χ2n) is 7.18. The summed E-state index contributed by atoms with van der Waals surface area (Å²) in [6.45, 7) is 10.0. The Balaban J connectivity index is 1.79. The molecule has 0 aromatic heterocycles. The molecule has 0 heterocycles. The number of carbonyl (C=O) groups is 1. The minimum atomic E-state index is -0.440. The van der Waals surface area contributed by atoms with Gasteiger partial charge in [0.05, 0.1) is 0 Å². The van der Waals surface area contributed by atoms with Crippen molar-refractivity contribution in [1.82, 2.24) is 10.2 Å². The topological polar surface area (TPSA) is 41.6 Å². The summed E-state index contributed by atoms with van der Waals surface area (Å²) in [4.78, 5) is 14.1. The SMILES string of the molecule is Cc1ccc(CNCCN(C(=O)OC(C)(C)C)C2CC2)c(Br)c1. The van der Waals surface area contributed by atoms with E-state index in [4.69, 9.17) is 4.74 Å². The Morgan fingerprint density at radius 2 is 2.09 bits per heavy atom. The molecule has 4 nitrogen and oxygen atoms in total. The van der Waals surface area contributed by atoms with E-state index < -0.39 is 5.60 Å². The Morgan fingerprint density at radius 1 is 1.39 bits per heavy atom. The molecule has 1 aliphatic carbocycles. The van der Waals surface area contributed by atoms with Crippen molar-refractivity contribution in [3.8, 4) is 0 Å². The fourth-order valence-electron chi connectivity index (χ4n) is 2.35. The van der Waals surface area contributed by atoms with Gasteiger partial charge < -0.3 is 15.0 Å². The molecule has 128 valence electrons. The van der Waals surface area contributed by atoms with Crippen LogP contribution < -0.4 is 5.32 Å². The van der Waals surface area contributed by atoms with E-state index >= 15 is 0 Å². The van der Waals surface area contributed by atoms with Crippen LogP contribution >= 0.6 is 15.9 Å². The molecule has 0 radical (unpaired) electrons. The molecule has 0 atom stereocenters. The van der Waals surface area contributed by atoms with Crippen molar-refractivity contribution in [2.24, 2.45) is 0 Å². The molecule has 1 amide bonds. The largest absolute Gasteiger partial charge is 0.444 e. The van der Waals surface area contributed by atoms with Crippen LogP contribution in [0.1, 0.15) is 44.7 Å². The first-order chi connectivity index (χ1) is 10.8. The van der Waals surface area contributed by atoms with Crippen LogP contribution in [-0.2, 0) is 11.3 Å². The average Bonchev–Trinajstić information content (AvgIpc) is 3.23. The first kappa shape index (κ1) is 18.3. The predicted octanol–water partition coefficient (Wildman–Crippen LogP) is 4.25. The van der Waals surface area contributed by atoms with Crippen molar-refractivity contribution < 1.29 is 9.53 Å². The van der Waals surface area contributed by atoms with Gasteiger partial charge >= 0.3 is 6.09 Å². The fraction of sp³-hybridized carbons (Fsp3) is 0.611. The van der Waals surface area contributed by atoms with Crippen LogP contribution in [0.3, 0.4) is 0 Å². The van der Waals surface area contributed by atoms with Gasteiger partial charge in [0.15, 0.2) is 0 Å². The highest BCUT2D eigenvalue weighted by atomic mass is 79.9. The maximum absolute atomic E-state index is 12.3. The van der Waals surface area contributed by atoms with E-state index in [2.05, 4.69) is 46.4 Å². The van der Waals surface area contributed by atoms with Crippen LogP contribution in [0.4, 0.5) is 4.79 Å². The van der Waals surface area contributed by atoms with E-state index in [0.29, 0.717) is 12.6 Å². The lowest BCUT2D eigenvalue weighted by Gasteiger charge is -2.27. The normalized spacial score (nSPS) is 14.7. The zero-order chi connectivity index (χ0) is 17.0. The van der Waals surface area contributed by atoms with Crippen molar-refractivity contribution in [3.05, 3.63) is 33.8 Å². The molecule has 1 aromatic carbocycles. The van der Waals surface area contributed by atoms with Gasteiger partial charge in [-0.2, -0.15) is 0 Å². The minimum Gasteiger partial charge on any atom is -0.444 e. The lowest BCUT2D eigenvalue weighted by molar-refractivity contribution is 0.0236. The molecular weight excluding hydrogens is 356 g/mol. The van der Waals surface area contributed by atoms with E-state index in [1.54, 1.807) is 0 Å². The Morgan fingerprint density at radius 3 is 2.65 bits per heavy atom. The molecule has 1 fully saturated rings. The first-order valence-corrected chi connectivity index (χ1v) is 9.01. The van der Waals surface area contributed by atoms with Crippen LogP contribution in [0.5, 0.6) is 0 Å². The number of nitrogens with one attached hydrogen (secondary N) is 1. The lowest BCUT2D eigenvalue weighted by atomic mass is 10.1. The third-order valence-electron chi connectivity index (χ3n) is 3.67. The molecule has 23 heavy (non-hydrogen) atoms. The number of ether oxygens (including phenoxy) is 1. The van der Waals surface area contributed by atoms with E-state index in [9.17, 15) is 4.79 Å². The second kappa shape index (κ2) is 7.67. The number of amides is 1. The molecule has 0 bridgehead atoms. The van der Waals surface area contributed by atoms with Crippen LogP contribution in [0.2, 0.25) is 0 Å². The number of aryl methyl sites for hydroxylation is 1. The number of hydrogen-bond donors (Lipinski definition) is 1. The van der Waals surface area contributed by atoms with E-state index in [0.717, 1.165) is 30.4 Å². The summed E-state index contributed by atoms with van der Waals surface area (Å²) in [5, 5.41) is 3.41. The van der Waals surface area contributed by atoms with Gasteiger partial charge in [-0.05, 0) is 57.7 Å². The number of rotatable bonds is 6. The van der Waals surface area contributed by atoms with E-state index in [1.807, 2.05) is 25.7 Å². The summed E-state index contributed by atoms with van der Waals surface area (Å²) >= 11 is 3.59. The minimum absolute atomic E-state index is 0.196. The molecule has 2 rings (SSSR count). The molecule has 1 aromatic rings. The molecule has 0 saturated heterocycles. The Kier molecular flexibility index (Phi) is 6.09.